The summed E-state index contributed by atoms with van der Waals surface area (Å²) in [4.78, 5) is 10.8. The van der Waals surface area contributed by atoms with Gasteiger partial charge < -0.3 is 19.0 Å². The molecule has 0 radical (unpaired) electrons. The summed E-state index contributed by atoms with van der Waals surface area (Å²) in [6, 6.07) is 3.36. The van der Waals surface area contributed by atoms with Crippen LogP contribution in [0.2, 0.25) is 0 Å². The molecule has 0 bridgehead atoms. The lowest BCUT2D eigenvalue weighted by molar-refractivity contribution is -0.184. The number of furan rings is 1. The van der Waals surface area contributed by atoms with Crippen molar-refractivity contribution < 1.29 is 23.8 Å². The lowest BCUT2D eigenvalue weighted by Crippen LogP contribution is -2.38. The standard InChI is InChI=1S/C9H10O5/c10-9(11)8-7(13-4-5-14-8)6-2-1-3-12-6/h1-3,7-8H,4-5H2,(H,10,11)/t7-,8+/m0/s1. The quantitative estimate of drug-likeness (QED) is 0.761. The molecule has 1 saturated heterocycles. The fraction of sp³-hybridized carbons (Fsp3) is 0.444. The molecular formula is C9H10O5. The Labute approximate surface area is 80.2 Å². The van der Waals surface area contributed by atoms with Gasteiger partial charge >= 0.3 is 5.97 Å². The van der Waals surface area contributed by atoms with Gasteiger partial charge in [-0.3, -0.25) is 0 Å². The van der Waals surface area contributed by atoms with E-state index in [0.717, 1.165) is 0 Å². The van der Waals surface area contributed by atoms with E-state index in [1.807, 2.05) is 0 Å². The van der Waals surface area contributed by atoms with Gasteiger partial charge in [0, 0.05) is 0 Å². The first-order chi connectivity index (χ1) is 6.79. The third-order valence-electron chi connectivity index (χ3n) is 2.02. The smallest absolute Gasteiger partial charge is 0.336 e. The third kappa shape index (κ3) is 1.64. The molecule has 1 fully saturated rings. The maximum atomic E-state index is 10.8. The number of carbonyl (C=O) groups is 1. The first-order valence-corrected chi connectivity index (χ1v) is 4.28. The Morgan fingerprint density at radius 1 is 1.43 bits per heavy atom. The number of aliphatic carboxylic acids is 1. The Morgan fingerprint density at radius 3 is 2.86 bits per heavy atom. The molecule has 1 aromatic rings. The topological polar surface area (TPSA) is 68.9 Å². The van der Waals surface area contributed by atoms with Crippen molar-refractivity contribution in [2.24, 2.45) is 0 Å². The molecule has 14 heavy (non-hydrogen) atoms. The van der Waals surface area contributed by atoms with Crippen LogP contribution in [-0.4, -0.2) is 30.4 Å². The summed E-state index contributed by atoms with van der Waals surface area (Å²) in [6.07, 6.45) is -0.141. The lowest BCUT2D eigenvalue weighted by Gasteiger charge is -2.27. The van der Waals surface area contributed by atoms with Crippen LogP contribution >= 0.6 is 0 Å². The summed E-state index contributed by atoms with van der Waals surface area (Å²) < 4.78 is 15.5. The Balaban J connectivity index is 2.18. The Kier molecular flexibility index (Phi) is 2.51. The molecule has 76 valence electrons. The number of hydrogen-bond donors (Lipinski definition) is 1. The van der Waals surface area contributed by atoms with E-state index in [4.69, 9.17) is 19.0 Å². The Bertz CT molecular complexity index is 305. The van der Waals surface area contributed by atoms with Crippen LogP contribution < -0.4 is 0 Å². The molecule has 0 unspecified atom stereocenters. The zero-order chi connectivity index (χ0) is 9.97. The molecule has 1 aliphatic heterocycles. The molecule has 1 aromatic heterocycles. The molecule has 0 saturated carbocycles. The van der Waals surface area contributed by atoms with Crippen LogP contribution in [0.4, 0.5) is 0 Å². The third-order valence-corrected chi connectivity index (χ3v) is 2.02. The molecule has 0 amide bonds. The lowest BCUT2D eigenvalue weighted by atomic mass is 10.1. The highest BCUT2D eigenvalue weighted by Gasteiger charge is 2.35. The molecule has 0 aliphatic carbocycles. The molecule has 2 heterocycles. The minimum atomic E-state index is -1.04. The normalized spacial score (nSPS) is 27.4. The van der Waals surface area contributed by atoms with Gasteiger partial charge in [0.15, 0.2) is 12.2 Å². The van der Waals surface area contributed by atoms with Crippen LogP contribution in [0.3, 0.4) is 0 Å². The van der Waals surface area contributed by atoms with Crippen molar-refractivity contribution in [3.63, 3.8) is 0 Å². The minimum Gasteiger partial charge on any atom is -0.479 e. The number of ether oxygens (including phenoxy) is 2. The zero-order valence-electron chi connectivity index (χ0n) is 7.38. The van der Waals surface area contributed by atoms with Crippen molar-refractivity contribution in [3.8, 4) is 0 Å². The molecule has 5 heteroatoms. The SMILES string of the molecule is O=C(O)[C@@H]1OCCO[C@H]1c1ccco1. The molecule has 5 nitrogen and oxygen atoms in total. The van der Waals surface area contributed by atoms with Gasteiger partial charge in [-0.15, -0.1) is 0 Å². The second-order valence-corrected chi connectivity index (χ2v) is 2.94. The van der Waals surface area contributed by atoms with Gasteiger partial charge in [0.2, 0.25) is 0 Å². The van der Waals surface area contributed by atoms with Crippen LogP contribution in [0.25, 0.3) is 0 Å². The fourth-order valence-corrected chi connectivity index (χ4v) is 1.41. The largest absolute Gasteiger partial charge is 0.479 e. The summed E-state index contributed by atoms with van der Waals surface area (Å²) in [7, 11) is 0. The average molecular weight is 198 g/mol. The monoisotopic (exact) mass is 198 g/mol. The van der Waals surface area contributed by atoms with E-state index in [1.54, 1.807) is 12.1 Å². The van der Waals surface area contributed by atoms with Crippen molar-refractivity contribution in [2.75, 3.05) is 13.2 Å². The summed E-state index contributed by atoms with van der Waals surface area (Å²) in [5, 5.41) is 8.86. The van der Waals surface area contributed by atoms with Crippen LogP contribution in [0.5, 0.6) is 0 Å². The van der Waals surface area contributed by atoms with Gasteiger partial charge in [-0.25, -0.2) is 4.79 Å². The van der Waals surface area contributed by atoms with Crippen LogP contribution in [0.1, 0.15) is 11.9 Å². The summed E-state index contributed by atoms with van der Waals surface area (Å²) in [5.41, 5.74) is 0. The Hall–Kier alpha value is -1.33. The van der Waals surface area contributed by atoms with Crippen molar-refractivity contribution in [3.05, 3.63) is 24.2 Å². The first-order valence-electron chi connectivity index (χ1n) is 4.28. The van der Waals surface area contributed by atoms with Crippen LogP contribution in [-0.2, 0) is 14.3 Å². The van der Waals surface area contributed by atoms with Gasteiger partial charge in [-0.05, 0) is 12.1 Å². The van der Waals surface area contributed by atoms with Gasteiger partial charge in [0.05, 0.1) is 19.5 Å². The van der Waals surface area contributed by atoms with Gasteiger partial charge in [0.1, 0.15) is 5.76 Å². The van der Waals surface area contributed by atoms with Crippen molar-refractivity contribution in [2.45, 2.75) is 12.2 Å². The van der Waals surface area contributed by atoms with E-state index in [-0.39, 0.29) is 0 Å². The Morgan fingerprint density at radius 2 is 2.21 bits per heavy atom. The minimum absolute atomic E-state index is 0.300. The molecule has 1 N–H and O–H groups in total. The maximum Gasteiger partial charge on any atom is 0.336 e. The zero-order valence-corrected chi connectivity index (χ0v) is 7.38. The predicted octanol–water partition coefficient (Wildman–Crippen LogP) is 0.821. The van der Waals surface area contributed by atoms with Crippen LogP contribution in [0, 0.1) is 0 Å². The van der Waals surface area contributed by atoms with E-state index in [1.165, 1.54) is 6.26 Å². The molecule has 0 aromatic carbocycles. The molecule has 2 atom stereocenters. The van der Waals surface area contributed by atoms with Crippen molar-refractivity contribution in [1.29, 1.82) is 0 Å². The highest BCUT2D eigenvalue weighted by atomic mass is 16.6. The maximum absolute atomic E-state index is 10.8. The average Bonchev–Trinajstić information content (AvgIpc) is 2.70. The van der Waals surface area contributed by atoms with Crippen molar-refractivity contribution >= 4 is 5.97 Å². The van der Waals surface area contributed by atoms with Gasteiger partial charge in [0.25, 0.3) is 0 Å². The second kappa shape index (κ2) is 3.81. The van der Waals surface area contributed by atoms with Crippen molar-refractivity contribution in [1.82, 2.24) is 0 Å². The fourth-order valence-electron chi connectivity index (χ4n) is 1.41. The van der Waals surface area contributed by atoms with Gasteiger partial charge in [-0.2, -0.15) is 0 Å². The summed E-state index contributed by atoms with van der Waals surface area (Å²) >= 11 is 0. The van der Waals surface area contributed by atoms with Gasteiger partial charge in [-0.1, -0.05) is 0 Å². The number of rotatable bonds is 2. The second-order valence-electron chi connectivity index (χ2n) is 2.94. The summed E-state index contributed by atoms with van der Waals surface area (Å²) in [6.45, 7) is 0.684. The molecular weight excluding hydrogens is 188 g/mol. The molecule has 1 aliphatic rings. The van der Waals surface area contributed by atoms with E-state index in [9.17, 15) is 4.79 Å². The first kappa shape index (κ1) is 9.23. The van der Waals surface area contributed by atoms with E-state index >= 15 is 0 Å². The molecule has 2 rings (SSSR count). The van der Waals surface area contributed by atoms with E-state index in [0.29, 0.717) is 19.0 Å². The van der Waals surface area contributed by atoms with E-state index < -0.39 is 18.2 Å². The predicted molar refractivity (Wildman–Crippen MR) is 44.8 cm³/mol. The number of carboxylic acid groups (broad SMARTS) is 1. The molecule has 0 spiro atoms. The number of hydrogen-bond acceptors (Lipinski definition) is 4. The van der Waals surface area contributed by atoms with E-state index in [2.05, 4.69) is 0 Å². The summed E-state index contributed by atoms with van der Waals surface area (Å²) in [5.74, 6) is -0.553. The van der Waals surface area contributed by atoms with Crippen LogP contribution in [0.15, 0.2) is 22.8 Å². The number of carboxylic acids is 1. The highest BCUT2D eigenvalue weighted by molar-refractivity contribution is 5.73. The highest BCUT2D eigenvalue weighted by Crippen LogP contribution is 2.26.